The molecule has 0 amide bonds. The van der Waals surface area contributed by atoms with Crippen LogP contribution in [0.1, 0.15) is 25.7 Å². The largest absolute Gasteiger partial charge is 0.314 e. The molecule has 2 N–H and O–H groups in total. The molecule has 0 aromatic carbocycles. The Morgan fingerprint density at radius 2 is 1.86 bits per heavy atom. The first-order valence-corrected chi connectivity index (χ1v) is 9.29. The van der Waals surface area contributed by atoms with Crippen LogP contribution in [0.25, 0.3) is 0 Å². The van der Waals surface area contributed by atoms with Crippen molar-refractivity contribution in [3.05, 3.63) is 0 Å². The molecule has 2 saturated heterocycles. The van der Waals surface area contributed by atoms with Gasteiger partial charge in [0.25, 0.3) is 10.2 Å². The van der Waals surface area contributed by atoms with E-state index in [1.165, 1.54) is 6.42 Å². The molecule has 22 heavy (non-hydrogen) atoms. The number of nitrogens with zero attached hydrogens (tertiary/aromatic N) is 2. The van der Waals surface area contributed by atoms with Gasteiger partial charge in [-0.3, -0.25) is 0 Å². The topological polar surface area (TPSA) is 64.7 Å². The zero-order valence-corrected chi connectivity index (χ0v) is 15.3. The normalized spacial score (nSPS) is 29.1. The van der Waals surface area contributed by atoms with Crippen molar-refractivity contribution in [2.24, 2.45) is 5.92 Å². The molecule has 2 aliphatic heterocycles. The highest BCUT2D eigenvalue weighted by Gasteiger charge is 2.43. The van der Waals surface area contributed by atoms with E-state index in [0.717, 1.165) is 58.5 Å². The van der Waals surface area contributed by atoms with Crippen LogP contribution in [0.4, 0.5) is 0 Å². The third-order valence-corrected chi connectivity index (χ3v) is 6.45. The zero-order chi connectivity index (χ0) is 14.0. The summed E-state index contributed by atoms with van der Waals surface area (Å²) in [6, 6.07) is 0.269. The predicted octanol–water partition coefficient (Wildman–Crippen LogP) is 0.444. The minimum absolute atomic E-state index is 0. The Labute approximate surface area is 146 Å². The molecule has 3 aliphatic rings. The first-order chi connectivity index (χ1) is 9.65. The number of piperidine rings is 1. The number of hydrogen-bond donors (Lipinski definition) is 2. The number of halogens is 2. The van der Waals surface area contributed by atoms with Crippen LogP contribution in [0.5, 0.6) is 0 Å². The molecule has 0 spiro atoms. The van der Waals surface area contributed by atoms with Gasteiger partial charge in [-0.05, 0) is 38.1 Å². The summed E-state index contributed by atoms with van der Waals surface area (Å²) in [5, 5.41) is 3.32. The van der Waals surface area contributed by atoms with Crippen molar-refractivity contribution in [3.8, 4) is 0 Å². The average molecular weight is 375 g/mol. The van der Waals surface area contributed by atoms with Crippen molar-refractivity contribution in [2.75, 3.05) is 45.8 Å². The van der Waals surface area contributed by atoms with Gasteiger partial charge in [-0.1, -0.05) is 0 Å². The van der Waals surface area contributed by atoms with Crippen LogP contribution in [-0.2, 0) is 10.2 Å². The maximum Gasteiger partial charge on any atom is 0.279 e. The average Bonchev–Trinajstić information content (AvgIpc) is 3.08. The van der Waals surface area contributed by atoms with E-state index in [1.54, 1.807) is 4.31 Å². The van der Waals surface area contributed by atoms with E-state index in [2.05, 4.69) is 14.9 Å². The van der Waals surface area contributed by atoms with Gasteiger partial charge in [0, 0.05) is 45.3 Å². The molecule has 1 saturated carbocycles. The molecule has 9 heteroatoms. The van der Waals surface area contributed by atoms with Gasteiger partial charge >= 0.3 is 0 Å². The second-order valence-electron chi connectivity index (χ2n) is 6.25. The highest BCUT2D eigenvalue weighted by molar-refractivity contribution is 7.87. The van der Waals surface area contributed by atoms with E-state index in [0.29, 0.717) is 12.5 Å². The Bertz CT molecular complexity index is 432. The van der Waals surface area contributed by atoms with E-state index in [1.807, 2.05) is 0 Å². The van der Waals surface area contributed by atoms with Gasteiger partial charge in [-0.15, -0.1) is 24.8 Å². The number of nitrogens with one attached hydrogen (secondary N) is 2. The molecule has 3 fully saturated rings. The van der Waals surface area contributed by atoms with Crippen molar-refractivity contribution >= 4 is 35.0 Å². The number of hydrogen-bond acceptors (Lipinski definition) is 4. The third-order valence-electron chi connectivity index (χ3n) is 4.81. The van der Waals surface area contributed by atoms with Crippen LogP contribution >= 0.6 is 24.8 Å². The number of piperazine rings is 1. The summed E-state index contributed by atoms with van der Waals surface area (Å²) < 4.78 is 29.0. The molecule has 2 atom stereocenters. The van der Waals surface area contributed by atoms with Crippen LogP contribution in [0.15, 0.2) is 0 Å². The molecule has 0 radical (unpaired) electrons. The summed E-state index contributed by atoms with van der Waals surface area (Å²) >= 11 is 0. The summed E-state index contributed by atoms with van der Waals surface area (Å²) in [7, 11) is -3.24. The molecule has 1 aliphatic carbocycles. The Balaban J connectivity index is 0.00000121. The van der Waals surface area contributed by atoms with Crippen LogP contribution in [0, 0.1) is 5.92 Å². The first-order valence-electron chi connectivity index (χ1n) is 7.85. The fourth-order valence-electron chi connectivity index (χ4n) is 3.70. The molecule has 2 bridgehead atoms. The minimum atomic E-state index is -3.24. The van der Waals surface area contributed by atoms with E-state index in [9.17, 15) is 8.42 Å². The second-order valence-corrected chi connectivity index (χ2v) is 7.95. The maximum absolute atomic E-state index is 12.3. The quantitative estimate of drug-likeness (QED) is 0.662. The number of fused-ring (bicyclic) bond motifs is 2. The van der Waals surface area contributed by atoms with Gasteiger partial charge in [-0.25, -0.2) is 4.72 Å². The zero-order valence-electron chi connectivity index (χ0n) is 12.9. The standard InChI is InChI=1S/C13H26N4O2S.2ClH/c18-20(19,17-11-12-2-3-13(17)10-12)15-4-1-7-16-8-5-14-6-9-16;;/h12-15H,1-11H2;2*1H. The van der Waals surface area contributed by atoms with E-state index >= 15 is 0 Å². The van der Waals surface area contributed by atoms with Crippen LogP contribution in [0.3, 0.4) is 0 Å². The maximum atomic E-state index is 12.3. The Hall–Kier alpha value is 0.370. The van der Waals surface area contributed by atoms with E-state index < -0.39 is 10.2 Å². The lowest BCUT2D eigenvalue weighted by Gasteiger charge is -2.28. The Morgan fingerprint density at radius 3 is 2.45 bits per heavy atom. The molecule has 0 aromatic rings. The van der Waals surface area contributed by atoms with Gasteiger partial charge < -0.3 is 10.2 Å². The lowest BCUT2D eigenvalue weighted by atomic mass is 10.1. The summed E-state index contributed by atoms with van der Waals surface area (Å²) in [6.07, 6.45) is 4.22. The molecule has 2 unspecified atom stereocenters. The molecule has 3 rings (SSSR count). The van der Waals surface area contributed by atoms with E-state index in [4.69, 9.17) is 0 Å². The predicted molar refractivity (Wildman–Crippen MR) is 93.2 cm³/mol. The van der Waals surface area contributed by atoms with Crippen LogP contribution < -0.4 is 10.0 Å². The monoisotopic (exact) mass is 374 g/mol. The van der Waals surface area contributed by atoms with Crippen molar-refractivity contribution in [2.45, 2.75) is 31.7 Å². The smallest absolute Gasteiger partial charge is 0.279 e. The summed E-state index contributed by atoms with van der Waals surface area (Å²) in [6.45, 7) is 6.50. The Kier molecular flexibility index (Phi) is 8.36. The summed E-state index contributed by atoms with van der Waals surface area (Å²) in [5.41, 5.74) is 0. The van der Waals surface area contributed by atoms with Crippen molar-refractivity contribution < 1.29 is 8.42 Å². The SMILES string of the molecule is Cl.Cl.O=S(=O)(NCCCN1CCNCC1)N1CC2CCC1C2. The summed E-state index contributed by atoms with van der Waals surface area (Å²) in [5.74, 6) is 0.609. The van der Waals surface area contributed by atoms with Gasteiger partial charge in [0.2, 0.25) is 0 Å². The van der Waals surface area contributed by atoms with Gasteiger partial charge in [-0.2, -0.15) is 12.7 Å². The lowest BCUT2D eigenvalue weighted by Crippen LogP contribution is -2.46. The van der Waals surface area contributed by atoms with Crippen molar-refractivity contribution in [1.82, 2.24) is 19.2 Å². The van der Waals surface area contributed by atoms with Crippen molar-refractivity contribution in [3.63, 3.8) is 0 Å². The van der Waals surface area contributed by atoms with Gasteiger partial charge in [0.05, 0.1) is 0 Å². The molecule has 132 valence electrons. The van der Waals surface area contributed by atoms with Crippen LogP contribution in [0.2, 0.25) is 0 Å². The fraction of sp³-hybridized carbons (Fsp3) is 1.00. The lowest BCUT2D eigenvalue weighted by molar-refractivity contribution is 0.238. The molecule has 0 aromatic heterocycles. The fourth-order valence-corrected chi connectivity index (χ4v) is 5.25. The van der Waals surface area contributed by atoms with Gasteiger partial charge in [0.1, 0.15) is 0 Å². The first kappa shape index (κ1) is 20.4. The Morgan fingerprint density at radius 1 is 1.14 bits per heavy atom. The molecular formula is C13H28Cl2N4O2S. The minimum Gasteiger partial charge on any atom is -0.314 e. The highest BCUT2D eigenvalue weighted by atomic mass is 35.5. The third kappa shape index (κ3) is 4.93. The highest BCUT2D eigenvalue weighted by Crippen LogP contribution is 2.38. The van der Waals surface area contributed by atoms with Gasteiger partial charge in [0.15, 0.2) is 0 Å². The second kappa shape index (κ2) is 9.01. The number of rotatable bonds is 6. The molecular weight excluding hydrogens is 347 g/mol. The molecule has 6 nitrogen and oxygen atoms in total. The molecule has 2 heterocycles. The summed E-state index contributed by atoms with van der Waals surface area (Å²) in [4.78, 5) is 2.39. The van der Waals surface area contributed by atoms with E-state index in [-0.39, 0.29) is 30.9 Å². The van der Waals surface area contributed by atoms with Crippen molar-refractivity contribution in [1.29, 1.82) is 0 Å². The van der Waals surface area contributed by atoms with Crippen LogP contribution in [-0.4, -0.2) is 69.5 Å².